The van der Waals surface area contributed by atoms with E-state index in [2.05, 4.69) is 39.8 Å². The van der Waals surface area contributed by atoms with Crippen molar-refractivity contribution in [2.24, 2.45) is 0 Å². The lowest BCUT2D eigenvalue weighted by Gasteiger charge is -2.21. The Morgan fingerprint density at radius 2 is 2.16 bits per heavy atom. The summed E-state index contributed by atoms with van der Waals surface area (Å²) < 4.78 is 0.789. The van der Waals surface area contributed by atoms with Crippen molar-refractivity contribution in [1.82, 2.24) is 15.0 Å². The molecule has 2 atom stereocenters. The Morgan fingerprint density at radius 1 is 1.42 bits per heavy atom. The van der Waals surface area contributed by atoms with Crippen LogP contribution in [0.3, 0.4) is 0 Å². The molecule has 0 radical (unpaired) electrons. The fourth-order valence-electron chi connectivity index (χ4n) is 1.85. The molecule has 0 bridgehead atoms. The van der Waals surface area contributed by atoms with Gasteiger partial charge in [-0.1, -0.05) is 24.7 Å². The Labute approximate surface area is 120 Å². The summed E-state index contributed by atoms with van der Waals surface area (Å²) in [6.45, 7) is 3.83. The van der Waals surface area contributed by atoms with Crippen molar-refractivity contribution in [3.8, 4) is 0 Å². The largest absolute Gasteiger partial charge is 0.391 e. The molecule has 2 aromatic heterocycles. The highest BCUT2D eigenvalue weighted by atomic mass is 32.1. The number of nitrogen functional groups attached to an aromatic ring is 1. The van der Waals surface area contributed by atoms with E-state index in [1.54, 1.807) is 6.92 Å². The van der Waals surface area contributed by atoms with E-state index in [0.717, 1.165) is 17.5 Å². The third-order valence-electron chi connectivity index (χ3n) is 2.76. The molecule has 0 fully saturated rings. The molecule has 0 aliphatic rings. The highest BCUT2D eigenvalue weighted by Gasteiger charge is 2.18. The van der Waals surface area contributed by atoms with Crippen molar-refractivity contribution in [1.29, 1.82) is 0 Å². The lowest BCUT2D eigenvalue weighted by atomic mass is 10.1. The Morgan fingerprint density at radius 3 is 2.79 bits per heavy atom. The van der Waals surface area contributed by atoms with Crippen LogP contribution in [0.5, 0.6) is 0 Å². The van der Waals surface area contributed by atoms with E-state index in [1.807, 2.05) is 0 Å². The fraction of sp³-hybridized carbons (Fsp3) is 0.545. The average Bonchev–Trinajstić information content (AvgIpc) is 2.68. The van der Waals surface area contributed by atoms with E-state index in [4.69, 9.17) is 5.73 Å². The van der Waals surface area contributed by atoms with Crippen LogP contribution in [-0.2, 0) is 0 Å². The van der Waals surface area contributed by atoms with E-state index in [9.17, 15) is 5.11 Å². The number of rotatable bonds is 5. The second-order valence-electron chi connectivity index (χ2n) is 4.36. The maximum atomic E-state index is 9.79. The molecule has 0 amide bonds. The van der Waals surface area contributed by atoms with Crippen LogP contribution in [0.2, 0.25) is 0 Å². The van der Waals surface area contributed by atoms with Crippen LogP contribution in [-0.4, -0.2) is 32.2 Å². The zero-order valence-corrected chi connectivity index (χ0v) is 12.5. The second kappa shape index (κ2) is 5.89. The van der Waals surface area contributed by atoms with Gasteiger partial charge in [0.1, 0.15) is 4.70 Å². The molecule has 19 heavy (non-hydrogen) atoms. The van der Waals surface area contributed by atoms with Crippen molar-refractivity contribution in [2.75, 3.05) is 11.1 Å². The van der Waals surface area contributed by atoms with Crippen LogP contribution in [0, 0.1) is 0 Å². The number of aliphatic hydroxyl groups is 1. The zero-order chi connectivity index (χ0) is 14.0. The summed E-state index contributed by atoms with van der Waals surface area (Å²) in [5.74, 6) is 0.628. The van der Waals surface area contributed by atoms with Gasteiger partial charge in [-0.15, -0.1) is 12.6 Å². The molecule has 104 valence electrons. The van der Waals surface area contributed by atoms with Crippen molar-refractivity contribution < 1.29 is 5.11 Å². The fourth-order valence-corrected chi connectivity index (χ4v) is 2.77. The van der Waals surface area contributed by atoms with Crippen molar-refractivity contribution >= 4 is 45.3 Å². The highest BCUT2D eigenvalue weighted by molar-refractivity contribution is 7.80. The minimum absolute atomic E-state index is 0.0702. The Balaban J connectivity index is 2.37. The van der Waals surface area contributed by atoms with Gasteiger partial charge in [0.25, 0.3) is 0 Å². The molecule has 0 aromatic carbocycles. The van der Waals surface area contributed by atoms with Gasteiger partial charge in [-0.25, -0.2) is 15.0 Å². The van der Waals surface area contributed by atoms with Gasteiger partial charge in [0.05, 0.1) is 12.1 Å². The number of aliphatic hydroxyl groups excluding tert-OH is 1. The van der Waals surface area contributed by atoms with Crippen molar-refractivity contribution in [2.45, 2.75) is 44.0 Å². The molecule has 6 nitrogen and oxygen atoms in total. The summed E-state index contributed by atoms with van der Waals surface area (Å²) in [6, 6.07) is -0.0702. The molecule has 2 heterocycles. The average molecular weight is 299 g/mol. The normalized spacial score (nSPS) is 14.5. The summed E-state index contributed by atoms with van der Waals surface area (Å²) in [4.78, 5) is 12.5. The lowest BCUT2D eigenvalue weighted by Crippen LogP contribution is -2.31. The summed E-state index contributed by atoms with van der Waals surface area (Å²) >= 11 is 5.49. The summed E-state index contributed by atoms with van der Waals surface area (Å²) in [6.07, 6.45) is 1.34. The summed E-state index contributed by atoms with van der Waals surface area (Å²) in [7, 11) is 0. The number of anilines is 2. The topological polar surface area (TPSA) is 97.0 Å². The maximum absolute atomic E-state index is 9.79. The first-order chi connectivity index (χ1) is 9.01. The molecule has 0 saturated carbocycles. The molecule has 8 heteroatoms. The first-order valence-electron chi connectivity index (χ1n) is 6.09. The van der Waals surface area contributed by atoms with E-state index in [-0.39, 0.29) is 6.04 Å². The van der Waals surface area contributed by atoms with Gasteiger partial charge in [-0.05, 0) is 13.3 Å². The molecular weight excluding hydrogens is 282 g/mol. The van der Waals surface area contributed by atoms with Crippen molar-refractivity contribution in [3.63, 3.8) is 0 Å². The molecule has 0 spiro atoms. The first-order valence-corrected chi connectivity index (χ1v) is 7.35. The molecule has 0 aliphatic carbocycles. The molecule has 2 rings (SSSR count). The number of aromatic nitrogens is 3. The number of nitrogens with two attached hydrogens (primary N) is 1. The third-order valence-corrected chi connectivity index (χ3v) is 3.84. The maximum Gasteiger partial charge on any atom is 0.188 e. The molecule has 0 aliphatic heterocycles. The van der Waals surface area contributed by atoms with Gasteiger partial charge in [0.15, 0.2) is 21.8 Å². The minimum atomic E-state index is -0.474. The molecule has 4 N–H and O–H groups in total. The van der Waals surface area contributed by atoms with E-state index >= 15 is 0 Å². The number of hydrogen-bond acceptors (Lipinski definition) is 8. The Bertz CT molecular complexity index is 571. The lowest BCUT2D eigenvalue weighted by molar-refractivity contribution is 0.167. The van der Waals surface area contributed by atoms with Crippen LogP contribution < -0.4 is 11.1 Å². The Hall–Kier alpha value is -1.12. The standard InChI is InChI=1S/C11H17N5OS2/c1-3-4-6(5(2)17)13-8-7-9(14-10(12)19-7)16-11(18)15-8/h5-6,17H,3-4H2,1-2H3,(H4,12,13,14,15,16,18)/t5?,6-/m1/s1. The van der Waals surface area contributed by atoms with Crippen LogP contribution >= 0.6 is 24.0 Å². The number of thiol groups is 1. The zero-order valence-electron chi connectivity index (χ0n) is 10.8. The SMILES string of the molecule is CCC[C@@H](Nc1nc(S)nc2nc(N)sc12)C(C)O. The highest BCUT2D eigenvalue weighted by Crippen LogP contribution is 2.30. The minimum Gasteiger partial charge on any atom is -0.391 e. The monoisotopic (exact) mass is 299 g/mol. The molecule has 2 aromatic rings. The summed E-state index contributed by atoms with van der Waals surface area (Å²) in [5, 5.41) is 13.8. The van der Waals surface area contributed by atoms with Crippen LogP contribution in [0.25, 0.3) is 10.3 Å². The van der Waals surface area contributed by atoms with E-state index < -0.39 is 6.10 Å². The van der Waals surface area contributed by atoms with Crippen LogP contribution in [0.4, 0.5) is 10.9 Å². The van der Waals surface area contributed by atoms with E-state index in [1.165, 1.54) is 11.3 Å². The van der Waals surface area contributed by atoms with Crippen LogP contribution in [0.1, 0.15) is 26.7 Å². The molecular formula is C11H17N5OS2. The number of fused-ring (bicyclic) bond motifs is 1. The van der Waals surface area contributed by atoms with Crippen LogP contribution in [0.15, 0.2) is 5.16 Å². The van der Waals surface area contributed by atoms with Gasteiger partial charge in [-0.2, -0.15) is 0 Å². The Kier molecular flexibility index (Phi) is 4.43. The first kappa shape index (κ1) is 14.3. The number of hydrogen-bond donors (Lipinski definition) is 4. The number of nitrogens with zero attached hydrogens (tertiary/aromatic N) is 3. The van der Waals surface area contributed by atoms with Gasteiger partial charge in [0.2, 0.25) is 0 Å². The molecule has 0 saturated heterocycles. The molecule has 1 unspecified atom stereocenters. The van der Waals surface area contributed by atoms with Gasteiger partial charge < -0.3 is 16.2 Å². The number of thiazole rings is 1. The third kappa shape index (κ3) is 3.26. The van der Waals surface area contributed by atoms with Gasteiger partial charge in [0, 0.05) is 0 Å². The van der Waals surface area contributed by atoms with E-state index in [0.29, 0.717) is 21.8 Å². The predicted octanol–water partition coefficient (Wildman–Crippen LogP) is 1.92. The van der Waals surface area contributed by atoms with Gasteiger partial charge in [-0.3, -0.25) is 0 Å². The smallest absolute Gasteiger partial charge is 0.188 e. The predicted molar refractivity (Wildman–Crippen MR) is 80.9 cm³/mol. The number of nitrogens with one attached hydrogen (secondary N) is 1. The quantitative estimate of drug-likeness (QED) is 0.497. The second-order valence-corrected chi connectivity index (χ2v) is 5.79. The van der Waals surface area contributed by atoms with Gasteiger partial charge >= 0.3 is 0 Å². The summed E-state index contributed by atoms with van der Waals surface area (Å²) in [5.41, 5.74) is 6.23. The van der Waals surface area contributed by atoms with Crippen molar-refractivity contribution in [3.05, 3.63) is 0 Å².